The molecule has 3 aromatic carbocycles. The van der Waals surface area contributed by atoms with E-state index in [2.05, 4.69) is 35.1 Å². The van der Waals surface area contributed by atoms with Gasteiger partial charge < -0.3 is 9.47 Å². The summed E-state index contributed by atoms with van der Waals surface area (Å²) in [5.41, 5.74) is 1.70. The third kappa shape index (κ3) is 6.50. The number of sulfonamides is 1. The van der Waals surface area contributed by atoms with Crippen LogP contribution in [0, 0.1) is 11.6 Å². The van der Waals surface area contributed by atoms with Crippen LogP contribution in [-0.4, -0.2) is 74.5 Å². The second-order valence-electron chi connectivity index (χ2n) is 11.1. The second kappa shape index (κ2) is 13.0. The van der Waals surface area contributed by atoms with E-state index in [0.717, 1.165) is 42.3 Å². The maximum Gasteiger partial charge on any atom is 0.262 e. The number of hydrogen-bond donors (Lipinski definition) is 2. The van der Waals surface area contributed by atoms with Crippen LogP contribution >= 0.6 is 0 Å². The summed E-state index contributed by atoms with van der Waals surface area (Å²) in [6.45, 7) is 4.23. The molecule has 242 valence electrons. The Bertz CT molecular complexity index is 2040. The van der Waals surface area contributed by atoms with Crippen molar-refractivity contribution in [2.75, 3.05) is 55.7 Å². The fraction of sp³-hybridized carbons (Fsp3) is 0.250. The molecule has 0 spiro atoms. The lowest BCUT2D eigenvalue weighted by Crippen LogP contribution is -2.38. The zero-order valence-electron chi connectivity index (χ0n) is 25.0. The molecule has 15 heteroatoms. The number of hydrogen-bond acceptors (Lipinski definition) is 10. The van der Waals surface area contributed by atoms with Crippen molar-refractivity contribution >= 4 is 32.4 Å². The molecule has 1 unspecified atom stereocenters. The Morgan fingerprint density at radius 2 is 1.81 bits per heavy atom. The molecule has 1 fully saturated rings. The van der Waals surface area contributed by atoms with E-state index in [4.69, 9.17) is 9.47 Å². The second-order valence-corrected chi connectivity index (χ2v) is 12.7. The zero-order chi connectivity index (χ0) is 32.4. The van der Waals surface area contributed by atoms with Gasteiger partial charge in [0.15, 0.2) is 17.3 Å². The molecule has 0 amide bonds. The van der Waals surface area contributed by atoms with E-state index in [0.29, 0.717) is 47.9 Å². The normalized spacial score (nSPS) is 17.0. The van der Waals surface area contributed by atoms with Gasteiger partial charge in [0.25, 0.3) is 10.0 Å². The Hall–Kier alpha value is -4.99. The van der Waals surface area contributed by atoms with Crippen LogP contribution < -0.4 is 14.5 Å². The number of nitrogens with zero attached hydrogens (tertiary/aromatic N) is 6. The first-order valence-electron chi connectivity index (χ1n) is 15.0. The van der Waals surface area contributed by atoms with Crippen LogP contribution in [0.3, 0.4) is 0 Å². The number of nitrogens with one attached hydrogen (secondary N) is 2. The van der Waals surface area contributed by atoms with E-state index in [-0.39, 0.29) is 11.4 Å². The summed E-state index contributed by atoms with van der Waals surface area (Å²) in [6, 6.07) is 18.8. The molecule has 0 bridgehead atoms. The van der Waals surface area contributed by atoms with Crippen LogP contribution in [0.15, 0.2) is 94.2 Å². The minimum Gasteiger partial charge on any atom is -0.475 e. The van der Waals surface area contributed by atoms with Crippen molar-refractivity contribution in [3.8, 4) is 17.0 Å². The third-order valence-corrected chi connectivity index (χ3v) is 9.37. The Morgan fingerprint density at radius 3 is 2.64 bits per heavy atom. The highest BCUT2D eigenvalue weighted by atomic mass is 32.2. The van der Waals surface area contributed by atoms with Crippen LogP contribution in [0.2, 0.25) is 0 Å². The zero-order valence-corrected chi connectivity index (χ0v) is 25.8. The quantitative estimate of drug-likeness (QED) is 0.205. The number of morpholine rings is 1. The van der Waals surface area contributed by atoms with Gasteiger partial charge in [0.1, 0.15) is 18.3 Å². The third-order valence-electron chi connectivity index (χ3n) is 8.00. The number of fused-ring (bicyclic) bond motifs is 1. The van der Waals surface area contributed by atoms with Crippen molar-refractivity contribution in [1.82, 2.24) is 20.1 Å². The Kier molecular flexibility index (Phi) is 8.49. The van der Waals surface area contributed by atoms with Gasteiger partial charge in [0.2, 0.25) is 5.88 Å². The standard InChI is InChI=1S/C32H30F2N8O4S/c33-26-9-10-27(39-47(43,44)24-8-4-7-22(17-24)21-5-2-1-3-6-21)29(34)30(26)42-20-28(36-40-42)23-18-25-31(35-19-23)37-38-32(25)46-16-13-41-11-14-45-15-12-41/h1-10,17-19,28,39H,11-16,20H2,(H,35,37,38). The van der Waals surface area contributed by atoms with Gasteiger partial charge in [0.05, 0.1) is 35.7 Å². The molecule has 5 aromatic rings. The monoisotopic (exact) mass is 660 g/mol. The Morgan fingerprint density at radius 1 is 1.00 bits per heavy atom. The maximum atomic E-state index is 15.8. The molecule has 0 radical (unpaired) electrons. The molecular weight excluding hydrogens is 630 g/mol. The summed E-state index contributed by atoms with van der Waals surface area (Å²) in [7, 11) is -4.23. The number of aromatic nitrogens is 3. The van der Waals surface area contributed by atoms with E-state index in [9.17, 15) is 8.42 Å². The van der Waals surface area contributed by atoms with Crippen molar-refractivity contribution in [2.45, 2.75) is 10.9 Å². The predicted octanol–water partition coefficient (Wildman–Crippen LogP) is 5.34. The lowest BCUT2D eigenvalue weighted by molar-refractivity contribution is 0.0321. The minimum absolute atomic E-state index is 0.0125. The average molecular weight is 661 g/mol. The summed E-state index contributed by atoms with van der Waals surface area (Å²) in [4.78, 5) is 6.59. The Labute approximate surface area is 269 Å². The van der Waals surface area contributed by atoms with Gasteiger partial charge >= 0.3 is 0 Å². The van der Waals surface area contributed by atoms with Crippen LogP contribution in [-0.2, 0) is 14.8 Å². The fourth-order valence-corrected chi connectivity index (χ4v) is 6.59. The van der Waals surface area contributed by atoms with Crippen LogP contribution in [0.25, 0.3) is 22.2 Å². The van der Waals surface area contributed by atoms with Gasteiger partial charge in [0, 0.05) is 25.8 Å². The van der Waals surface area contributed by atoms with E-state index >= 15 is 8.78 Å². The molecule has 2 aromatic heterocycles. The molecule has 0 aliphatic carbocycles. The number of pyridine rings is 1. The number of H-pyrrole nitrogens is 1. The number of aromatic amines is 1. The topological polar surface area (TPSA) is 137 Å². The molecule has 12 nitrogen and oxygen atoms in total. The highest BCUT2D eigenvalue weighted by Crippen LogP contribution is 2.37. The average Bonchev–Trinajstić information content (AvgIpc) is 3.75. The van der Waals surface area contributed by atoms with Gasteiger partial charge in [-0.3, -0.25) is 14.7 Å². The summed E-state index contributed by atoms with van der Waals surface area (Å²) in [5, 5.41) is 17.1. The number of halogens is 2. The lowest BCUT2D eigenvalue weighted by atomic mass is 10.1. The molecule has 0 saturated carbocycles. The van der Waals surface area contributed by atoms with Gasteiger partial charge in [-0.15, -0.1) is 5.10 Å². The van der Waals surface area contributed by atoms with E-state index in [1.54, 1.807) is 18.3 Å². The largest absolute Gasteiger partial charge is 0.475 e. The first-order chi connectivity index (χ1) is 22.9. The van der Waals surface area contributed by atoms with Crippen LogP contribution in [0.1, 0.15) is 11.6 Å². The number of anilines is 2. The summed E-state index contributed by atoms with van der Waals surface area (Å²) >= 11 is 0. The summed E-state index contributed by atoms with van der Waals surface area (Å²) in [6.07, 6.45) is 1.59. The van der Waals surface area contributed by atoms with Gasteiger partial charge in [-0.1, -0.05) is 47.7 Å². The van der Waals surface area contributed by atoms with Crippen molar-refractivity contribution in [2.24, 2.45) is 10.3 Å². The van der Waals surface area contributed by atoms with Gasteiger partial charge in [-0.2, -0.15) is 5.11 Å². The molecular formula is C32H30F2N8O4S. The first kappa shape index (κ1) is 30.7. The fourth-order valence-electron chi connectivity index (χ4n) is 5.49. The van der Waals surface area contributed by atoms with Crippen molar-refractivity contribution < 1.29 is 26.7 Å². The number of ether oxygens (including phenoxy) is 2. The van der Waals surface area contributed by atoms with Gasteiger partial charge in [-0.25, -0.2) is 27.2 Å². The van der Waals surface area contributed by atoms with E-state index < -0.39 is 39.1 Å². The molecule has 7 rings (SSSR count). The molecule has 1 atom stereocenters. The summed E-state index contributed by atoms with van der Waals surface area (Å²) in [5.74, 6) is -1.65. The van der Waals surface area contributed by atoms with E-state index in [1.165, 1.54) is 12.1 Å². The number of rotatable bonds is 10. The highest BCUT2D eigenvalue weighted by Gasteiger charge is 2.30. The predicted molar refractivity (Wildman–Crippen MR) is 171 cm³/mol. The molecule has 4 heterocycles. The maximum absolute atomic E-state index is 15.8. The highest BCUT2D eigenvalue weighted by molar-refractivity contribution is 7.92. The van der Waals surface area contributed by atoms with E-state index in [1.807, 2.05) is 36.4 Å². The Balaban J connectivity index is 1.07. The molecule has 2 aliphatic rings. The minimum atomic E-state index is -4.23. The first-order valence-corrected chi connectivity index (χ1v) is 16.5. The lowest BCUT2D eigenvalue weighted by Gasteiger charge is -2.26. The van der Waals surface area contributed by atoms with Crippen molar-refractivity contribution in [3.63, 3.8) is 0 Å². The smallest absolute Gasteiger partial charge is 0.262 e. The number of benzene rings is 3. The van der Waals surface area contributed by atoms with Gasteiger partial charge in [-0.05, 0) is 47.0 Å². The van der Waals surface area contributed by atoms with Crippen LogP contribution in [0.5, 0.6) is 5.88 Å². The summed E-state index contributed by atoms with van der Waals surface area (Å²) < 4.78 is 71.0. The molecule has 2 aliphatic heterocycles. The van der Waals surface area contributed by atoms with Crippen LogP contribution in [0.4, 0.5) is 20.2 Å². The van der Waals surface area contributed by atoms with Crippen molar-refractivity contribution in [1.29, 1.82) is 0 Å². The molecule has 47 heavy (non-hydrogen) atoms. The molecule has 1 saturated heterocycles. The molecule has 2 N–H and O–H groups in total. The van der Waals surface area contributed by atoms with Crippen molar-refractivity contribution in [3.05, 3.63) is 96.2 Å². The SMILES string of the molecule is O=S(=O)(Nc1ccc(F)c(N2CC(c3cnc4[nH]nc(OCCN5CCOCC5)c4c3)N=N2)c1F)c1cccc(-c2ccccc2)c1.